The minimum absolute atomic E-state index is 0.0827. The first-order valence-corrected chi connectivity index (χ1v) is 34.0. The molecule has 0 aliphatic heterocycles. The van der Waals surface area contributed by atoms with Crippen LogP contribution in [0.25, 0.3) is 0 Å². The molecular weight excluding hydrogens is 997 g/mol. The lowest BCUT2D eigenvalue weighted by Gasteiger charge is -2.18. The molecule has 0 aromatic carbocycles. The third kappa shape index (κ3) is 66.5. The van der Waals surface area contributed by atoms with Crippen LogP contribution in [-0.2, 0) is 28.6 Å². The van der Waals surface area contributed by atoms with Crippen molar-refractivity contribution in [3.05, 3.63) is 122 Å². The first-order chi connectivity index (χ1) is 40.0. The fourth-order valence-corrected chi connectivity index (χ4v) is 9.37. The summed E-state index contributed by atoms with van der Waals surface area (Å²) in [6, 6.07) is 0. The average molecular weight is 1120 g/mol. The van der Waals surface area contributed by atoms with Crippen molar-refractivity contribution in [3.63, 3.8) is 0 Å². The normalized spacial score (nSPS) is 12.9. The Balaban J connectivity index is 4.26. The van der Waals surface area contributed by atoms with Crippen LogP contribution in [0.4, 0.5) is 0 Å². The molecule has 0 radical (unpaired) electrons. The van der Waals surface area contributed by atoms with Gasteiger partial charge < -0.3 is 14.2 Å². The second kappa shape index (κ2) is 68.3. The molecule has 0 saturated carbocycles. The number of unbranched alkanes of at least 4 members (excludes halogenated alkanes) is 30. The van der Waals surface area contributed by atoms with E-state index in [0.717, 1.165) is 135 Å². The predicted octanol–water partition coefficient (Wildman–Crippen LogP) is 23.6. The lowest BCUT2D eigenvalue weighted by atomic mass is 10.0. The van der Waals surface area contributed by atoms with Crippen LogP contribution in [0.15, 0.2) is 122 Å². The van der Waals surface area contributed by atoms with E-state index in [1.807, 2.05) is 0 Å². The number of hydrogen-bond donors (Lipinski definition) is 0. The van der Waals surface area contributed by atoms with Gasteiger partial charge in [-0.05, 0) is 116 Å². The van der Waals surface area contributed by atoms with Crippen LogP contribution in [0, 0.1) is 0 Å². The summed E-state index contributed by atoms with van der Waals surface area (Å²) < 4.78 is 16.9. The van der Waals surface area contributed by atoms with Gasteiger partial charge in [-0.15, -0.1) is 0 Å². The Kier molecular flexibility index (Phi) is 64.8. The summed E-state index contributed by atoms with van der Waals surface area (Å²) in [4.78, 5) is 38.3. The van der Waals surface area contributed by atoms with E-state index < -0.39 is 6.10 Å². The summed E-state index contributed by atoms with van der Waals surface area (Å²) >= 11 is 0. The van der Waals surface area contributed by atoms with E-state index in [2.05, 4.69) is 142 Å². The Bertz CT molecular complexity index is 1670. The topological polar surface area (TPSA) is 78.9 Å². The first-order valence-electron chi connectivity index (χ1n) is 34.0. The monoisotopic (exact) mass is 1120 g/mol. The molecule has 0 spiro atoms. The summed E-state index contributed by atoms with van der Waals surface area (Å²) in [6.45, 7) is 6.52. The fraction of sp³-hybridized carbons (Fsp3) is 0.693. The van der Waals surface area contributed by atoms with Crippen molar-refractivity contribution in [2.24, 2.45) is 0 Å². The Morgan fingerprint density at radius 2 is 0.481 bits per heavy atom. The quantitative estimate of drug-likeness (QED) is 0.0261. The van der Waals surface area contributed by atoms with E-state index in [4.69, 9.17) is 14.2 Å². The molecule has 1 unspecified atom stereocenters. The first kappa shape index (κ1) is 76.8. The maximum absolute atomic E-state index is 12.9. The van der Waals surface area contributed by atoms with Crippen molar-refractivity contribution in [2.45, 2.75) is 322 Å². The highest BCUT2D eigenvalue weighted by molar-refractivity contribution is 5.71. The number of carbonyl (C=O) groups excluding carboxylic acids is 3. The van der Waals surface area contributed by atoms with Crippen molar-refractivity contribution in [3.8, 4) is 0 Å². The van der Waals surface area contributed by atoms with Gasteiger partial charge in [-0.2, -0.15) is 0 Å². The summed E-state index contributed by atoms with van der Waals surface area (Å²) in [6.07, 6.45) is 95.0. The van der Waals surface area contributed by atoms with E-state index in [9.17, 15) is 14.4 Å². The number of allylic oxidation sites excluding steroid dienone is 20. The van der Waals surface area contributed by atoms with Gasteiger partial charge >= 0.3 is 17.9 Å². The molecule has 462 valence electrons. The van der Waals surface area contributed by atoms with Gasteiger partial charge in [0.1, 0.15) is 13.2 Å². The van der Waals surface area contributed by atoms with Gasteiger partial charge in [0, 0.05) is 19.3 Å². The zero-order valence-electron chi connectivity index (χ0n) is 53.0. The average Bonchev–Trinajstić information content (AvgIpc) is 3.47. The minimum atomic E-state index is -0.788. The highest BCUT2D eigenvalue weighted by Crippen LogP contribution is 2.16. The zero-order valence-corrected chi connectivity index (χ0v) is 53.0. The second-order valence-electron chi connectivity index (χ2n) is 22.4. The number of hydrogen-bond acceptors (Lipinski definition) is 6. The second-order valence-corrected chi connectivity index (χ2v) is 22.4. The van der Waals surface area contributed by atoms with Crippen LogP contribution in [0.5, 0.6) is 0 Å². The molecule has 0 rings (SSSR count). The standard InChI is InChI=1S/C75H126O6/c1-4-7-10-13-16-19-22-25-28-29-30-31-32-33-34-35-36-37-38-39-40-41-42-43-44-45-46-47-48-51-53-56-59-62-65-68-74(77)80-71-72(81-75(78)69-66-63-60-57-54-50-27-24-21-18-15-12-9-6-3)70-79-73(76)67-64-61-58-55-52-49-26-23-20-17-14-11-8-5-2/h7,10,16,19,24-25,27-28,30-31,33-34,36-37,39-40,42-43,45-46,72H,4-6,8-9,11-15,17-18,20-23,26,29,32,35,38,41,44,47-71H2,1-3H3/b10-7-,19-16-,27-24-,28-25-,31-30-,34-33-,37-36-,40-39-,43-42-,46-45-. The largest absolute Gasteiger partial charge is 0.462 e. The number of carbonyl (C=O) groups is 3. The highest BCUT2D eigenvalue weighted by Gasteiger charge is 2.19. The van der Waals surface area contributed by atoms with E-state index >= 15 is 0 Å². The third-order valence-electron chi connectivity index (χ3n) is 14.5. The van der Waals surface area contributed by atoms with Crippen LogP contribution < -0.4 is 0 Å². The van der Waals surface area contributed by atoms with Crippen LogP contribution in [-0.4, -0.2) is 37.2 Å². The zero-order chi connectivity index (χ0) is 58.5. The lowest BCUT2D eigenvalue weighted by molar-refractivity contribution is -0.167. The molecule has 0 amide bonds. The van der Waals surface area contributed by atoms with E-state index in [0.29, 0.717) is 19.3 Å². The number of ether oxygens (including phenoxy) is 3. The summed E-state index contributed by atoms with van der Waals surface area (Å²) in [5.74, 6) is -0.894. The van der Waals surface area contributed by atoms with Crippen molar-refractivity contribution < 1.29 is 28.6 Å². The van der Waals surface area contributed by atoms with Gasteiger partial charge in [-0.3, -0.25) is 14.4 Å². The Labute approximate surface area is 501 Å². The molecule has 6 nitrogen and oxygen atoms in total. The summed E-state index contributed by atoms with van der Waals surface area (Å²) in [7, 11) is 0. The van der Waals surface area contributed by atoms with Crippen molar-refractivity contribution in [2.75, 3.05) is 13.2 Å². The van der Waals surface area contributed by atoms with Gasteiger partial charge in [0.05, 0.1) is 0 Å². The molecular formula is C75H126O6. The molecule has 0 aromatic heterocycles. The molecule has 0 N–H and O–H groups in total. The molecule has 0 fully saturated rings. The van der Waals surface area contributed by atoms with Gasteiger partial charge in [0.15, 0.2) is 6.10 Å². The van der Waals surface area contributed by atoms with Crippen molar-refractivity contribution >= 4 is 17.9 Å². The molecule has 0 heterocycles. The highest BCUT2D eigenvalue weighted by atomic mass is 16.6. The SMILES string of the molecule is CC/C=C\C/C=C\C/C=C\C/C=C\C/C=C\C/C=C\C/C=C\C/C=C\C/C=C\CCCCCCCCCC(=O)OCC(COC(=O)CCCCCCCCCCCCCCCC)OC(=O)CCCCCCC/C=C\CCCCCCC. The molecule has 0 bridgehead atoms. The Morgan fingerprint density at radius 3 is 0.765 bits per heavy atom. The van der Waals surface area contributed by atoms with Crippen LogP contribution in [0.1, 0.15) is 316 Å². The molecule has 81 heavy (non-hydrogen) atoms. The molecule has 0 saturated heterocycles. The van der Waals surface area contributed by atoms with Crippen molar-refractivity contribution in [1.82, 2.24) is 0 Å². The summed E-state index contributed by atoms with van der Waals surface area (Å²) in [5.41, 5.74) is 0. The van der Waals surface area contributed by atoms with E-state index in [-0.39, 0.29) is 31.1 Å². The Morgan fingerprint density at radius 1 is 0.259 bits per heavy atom. The Hall–Kier alpha value is -4.19. The van der Waals surface area contributed by atoms with Crippen LogP contribution >= 0.6 is 0 Å². The molecule has 0 aromatic rings. The molecule has 1 atom stereocenters. The van der Waals surface area contributed by atoms with Gasteiger partial charge in [0.2, 0.25) is 0 Å². The van der Waals surface area contributed by atoms with Crippen LogP contribution in [0.2, 0.25) is 0 Å². The summed E-state index contributed by atoms with van der Waals surface area (Å²) in [5, 5.41) is 0. The number of rotatable bonds is 61. The molecule has 6 heteroatoms. The van der Waals surface area contributed by atoms with Gasteiger partial charge in [-0.1, -0.05) is 303 Å². The van der Waals surface area contributed by atoms with E-state index in [1.165, 1.54) is 141 Å². The smallest absolute Gasteiger partial charge is 0.306 e. The van der Waals surface area contributed by atoms with Crippen LogP contribution in [0.3, 0.4) is 0 Å². The van der Waals surface area contributed by atoms with Gasteiger partial charge in [-0.25, -0.2) is 0 Å². The predicted molar refractivity (Wildman–Crippen MR) is 353 cm³/mol. The maximum atomic E-state index is 12.9. The third-order valence-corrected chi connectivity index (χ3v) is 14.5. The molecule has 0 aliphatic carbocycles. The lowest BCUT2D eigenvalue weighted by Crippen LogP contribution is -2.30. The van der Waals surface area contributed by atoms with Gasteiger partial charge in [0.25, 0.3) is 0 Å². The fourth-order valence-electron chi connectivity index (χ4n) is 9.37. The molecule has 0 aliphatic rings. The number of esters is 3. The van der Waals surface area contributed by atoms with Crippen molar-refractivity contribution in [1.29, 1.82) is 0 Å². The maximum Gasteiger partial charge on any atom is 0.306 e. The minimum Gasteiger partial charge on any atom is -0.462 e. The van der Waals surface area contributed by atoms with E-state index in [1.54, 1.807) is 0 Å².